The number of esters is 2. The van der Waals surface area contributed by atoms with E-state index in [2.05, 4.69) is 13.5 Å². The van der Waals surface area contributed by atoms with Gasteiger partial charge in [0.25, 0.3) is 0 Å². The van der Waals surface area contributed by atoms with E-state index >= 15 is 0 Å². The molecule has 1 fully saturated rings. The Bertz CT molecular complexity index is 418. The van der Waals surface area contributed by atoms with E-state index in [1.54, 1.807) is 0 Å². The zero-order chi connectivity index (χ0) is 17.9. The first-order chi connectivity index (χ1) is 11.5. The molecule has 5 nitrogen and oxygen atoms in total. The van der Waals surface area contributed by atoms with Crippen LogP contribution in [-0.2, 0) is 19.1 Å². The standard InChI is InChI=1S/C19H32O5/c1-4-6-8-9-10-11-12-15-16(14(3)18(21)24-15)17(20)19(22)23-13-7-5-2/h15-17,20H,3-13H2,1-2H3/t15-,16+,17-/m1/s1. The van der Waals surface area contributed by atoms with Gasteiger partial charge in [-0.2, -0.15) is 0 Å². The van der Waals surface area contributed by atoms with Gasteiger partial charge >= 0.3 is 11.9 Å². The van der Waals surface area contributed by atoms with Crippen LogP contribution in [0.25, 0.3) is 0 Å². The maximum atomic E-state index is 12.0. The maximum absolute atomic E-state index is 12.0. The lowest BCUT2D eigenvalue weighted by Crippen LogP contribution is -2.37. The number of carbonyl (C=O) groups excluding carboxylic acids is 2. The van der Waals surface area contributed by atoms with Crippen LogP contribution in [0.1, 0.15) is 71.6 Å². The molecule has 1 aliphatic rings. The number of rotatable bonds is 12. The van der Waals surface area contributed by atoms with Crippen LogP contribution in [0.3, 0.4) is 0 Å². The number of hydrogen-bond acceptors (Lipinski definition) is 5. The maximum Gasteiger partial charge on any atom is 0.335 e. The zero-order valence-electron chi connectivity index (χ0n) is 15.1. The lowest BCUT2D eigenvalue weighted by Gasteiger charge is -2.21. The van der Waals surface area contributed by atoms with Crippen molar-refractivity contribution < 1.29 is 24.2 Å². The van der Waals surface area contributed by atoms with Crippen molar-refractivity contribution in [3.05, 3.63) is 12.2 Å². The summed E-state index contributed by atoms with van der Waals surface area (Å²) < 4.78 is 10.4. The van der Waals surface area contributed by atoms with Gasteiger partial charge in [0.2, 0.25) is 0 Å². The van der Waals surface area contributed by atoms with Gasteiger partial charge in [0.05, 0.1) is 12.5 Å². The Labute approximate surface area is 145 Å². The predicted molar refractivity (Wildman–Crippen MR) is 92.4 cm³/mol. The molecule has 138 valence electrons. The van der Waals surface area contributed by atoms with Crippen LogP contribution in [-0.4, -0.2) is 35.9 Å². The van der Waals surface area contributed by atoms with Crippen molar-refractivity contribution in [1.82, 2.24) is 0 Å². The number of ether oxygens (including phenoxy) is 2. The molecule has 0 radical (unpaired) electrons. The zero-order valence-corrected chi connectivity index (χ0v) is 15.1. The highest BCUT2D eigenvalue weighted by Crippen LogP contribution is 2.33. The normalized spacial score (nSPS) is 21.6. The van der Waals surface area contributed by atoms with Crippen molar-refractivity contribution in [1.29, 1.82) is 0 Å². The molecule has 0 unspecified atom stereocenters. The van der Waals surface area contributed by atoms with Gasteiger partial charge < -0.3 is 14.6 Å². The molecule has 0 aromatic heterocycles. The highest BCUT2D eigenvalue weighted by Gasteiger charge is 2.45. The molecule has 1 rings (SSSR count). The average molecular weight is 340 g/mol. The summed E-state index contributed by atoms with van der Waals surface area (Å²) in [6.07, 6.45) is 7.20. The van der Waals surface area contributed by atoms with E-state index in [1.807, 2.05) is 6.92 Å². The van der Waals surface area contributed by atoms with Crippen LogP contribution in [0.4, 0.5) is 0 Å². The molecular formula is C19H32O5. The number of aliphatic hydroxyl groups is 1. The van der Waals surface area contributed by atoms with Crippen molar-refractivity contribution >= 4 is 11.9 Å². The van der Waals surface area contributed by atoms with Crippen molar-refractivity contribution in [3.8, 4) is 0 Å². The summed E-state index contributed by atoms with van der Waals surface area (Å²) in [7, 11) is 0. The Hall–Kier alpha value is -1.36. The Kier molecular flexibility index (Phi) is 9.69. The monoisotopic (exact) mass is 340 g/mol. The van der Waals surface area contributed by atoms with Crippen LogP contribution in [0, 0.1) is 5.92 Å². The van der Waals surface area contributed by atoms with Gasteiger partial charge in [-0.1, -0.05) is 59.0 Å². The van der Waals surface area contributed by atoms with Gasteiger partial charge in [-0.05, 0) is 19.3 Å². The summed E-state index contributed by atoms with van der Waals surface area (Å²) >= 11 is 0. The third kappa shape index (κ3) is 6.27. The average Bonchev–Trinajstić information content (AvgIpc) is 2.84. The Morgan fingerprint density at radius 2 is 1.79 bits per heavy atom. The summed E-state index contributed by atoms with van der Waals surface area (Å²) in [6.45, 7) is 8.14. The van der Waals surface area contributed by atoms with E-state index in [9.17, 15) is 14.7 Å². The molecule has 1 heterocycles. The quantitative estimate of drug-likeness (QED) is 0.334. The minimum Gasteiger partial charge on any atom is -0.464 e. The molecule has 0 aromatic rings. The molecule has 1 aliphatic heterocycles. The Morgan fingerprint density at radius 1 is 1.17 bits per heavy atom. The SMILES string of the molecule is C=C1C(=O)O[C@H](CCCCCCCC)[C@H]1[C@@H](O)C(=O)OCCCC. The minimum absolute atomic E-state index is 0.172. The minimum atomic E-state index is -1.38. The number of cyclic esters (lactones) is 1. The molecule has 0 aliphatic carbocycles. The van der Waals surface area contributed by atoms with Gasteiger partial charge in [-0.3, -0.25) is 0 Å². The van der Waals surface area contributed by atoms with Gasteiger partial charge in [0.15, 0.2) is 6.10 Å². The fourth-order valence-corrected chi connectivity index (χ4v) is 2.95. The van der Waals surface area contributed by atoms with Gasteiger partial charge in [-0.15, -0.1) is 0 Å². The molecule has 0 saturated carbocycles. The molecule has 5 heteroatoms. The fourth-order valence-electron chi connectivity index (χ4n) is 2.95. The fraction of sp³-hybridized carbons (Fsp3) is 0.789. The Morgan fingerprint density at radius 3 is 2.46 bits per heavy atom. The molecule has 1 N–H and O–H groups in total. The highest BCUT2D eigenvalue weighted by atomic mass is 16.6. The van der Waals surface area contributed by atoms with E-state index in [1.165, 1.54) is 19.3 Å². The molecular weight excluding hydrogens is 308 g/mol. The van der Waals surface area contributed by atoms with E-state index in [-0.39, 0.29) is 12.2 Å². The van der Waals surface area contributed by atoms with Gasteiger partial charge in [0.1, 0.15) is 6.10 Å². The lowest BCUT2D eigenvalue weighted by atomic mass is 9.88. The summed E-state index contributed by atoms with van der Waals surface area (Å²) in [5, 5.41) is 10.3. The van der Waals surface area contributed by atoms with E-state index in [0.29, 0.717) is 6.42 Å². The number of hydrogen-bond donors (Lipinski definition) is 1. The van der Waals surface area contributed by atoms with Crippen molar-refractivity contribution in [2.45, 2.75) is 83.8 Å². The molecule has 0 amide bonds. The topological polar surface area (TPSA) is 72.8 Å². The van der Waals surface area contributed by atoms with E-state index < -0.39 is 30.1 Å². The van der Waals surface area contributed by atoms with Crippen LogP contribution in [0.2, 0.25) is 0 Å². The molecule has 1 saturated heterocycles. The number of unbranched alkanes of at least 4 members (excludes halogenated alkanes) is 6. The summed E-state index contributed by atoms with van der Waals surface area (Å²) in [4.78, 5) is 23.7. The second-order valence-corrected chi connectivity index (χ2v) is 6.52. The van der Waals surface area contributed by atoms with E-state index in [0.717, 1.165) is 32.1 Å². The third-order valence-electron chi connectivity index (χ3n) is 4.49. The first kappa shape index (κ1) is 20.7. The molecule has 0 bridgehead atoms. The highest BCUT2D eigenvalue weighted by molar-refractivity contribution is 5.92. The van der Waals surface area contributed by atoms with Crippen LogP contribution < -0.4 is 0 Å². The summed E-state index contributed by atoms with van der Waals surface area (Å²) in [5.74, 6) is -1.90. The molecule has 0 spiro atoms. The third-order valence-corrected chi connectivity index (χ3v) is 4.49. The Balaban J connectivity index is 2.49. The largest absolute Gasteiger partial charge is 0.464 e. The van der Waals surface area contributed by atoms with Crippen molar-refractivity contribution in [2.24, 2.45) is 5.92 Å². The van der Waals surface area contributed by atoms with Crippen LogP contribution >= 0.6 is 0 Å². The first-order valence-electron chi connectivity index (χ1n) is 9.27. The number of aliphatic hydroxyl groups excluding tert-OH is 1. The second-order valence-electron chi connectivity index (χ2n) is 6.52. The first-order valence-corrected chi connectivity index (χ1v) is 9.27. The van der Waals surface area contributed by atoms with Crippen LogP contribution in [0.15, 0.2) is 12.2 Å². The second kappa shape index (κ2) is 11.2. The van der Waals surface area contributed by atoms with Gasteiger partial charge in [-0.25, -0.2) is 9.59 Å². The smallest absolute Gasteiger partial charge is 0.335 e. The molecule has 24 heavy (non-hydrogen) atoms. The molecule has 3 atom stereocenters. The summed E-state index contributed by atoms with van der Waals surface area (Å²) in [5.41, 5.74) is 0.172. The number of carbonyl (C=O) groups is 2. The summed E-state index contributed by atoms with van der Waals surface area (Å²) in [6, 6.07) is 0. The van der Waals surface area contributed by atoms with Crippen molar-refractivity contribution in [2.75, 3.05) is 6.61 Å². The lowest BCUT2D eigenvalue weighted by molar-refractivity contribution is -0.158. The van der Waals surface area contributed by atoms with Gasteiger partial charge in [0, 0.05) is 5.57 Å². The molecule has 0 aromatic carbocycles. The van der Waals surface area contributed by atoms with E-state index in [4.69, 9.17) is 9.47 Å². The van der Waals surface area contributed by atoms with Crippen molar-refractivity contribution in [3.63, 3.8) is 0 Å². The predicted octanol–water partition coefficient (Wildman–Crippen LogP) is 3.54. The van der Waals surface area contributed by atoms with Crippen LogP contribution in [0.5, 0.6) is 0 Å².